The zero-order chi connectivity index (χ0) is 12.3. The van der Waals surface area contributed by atoms with Gasteiger partial charge in [0, 0.05) is 11.6 Å². The predicted molar refractivity (Wildman–Crippen MR) is 69.1 cm³/mol. The van der Waals surface area contributed by atoms with E-state index in [1.165, 1.54) is 0 Å². The molecule has 0 aromatic heterocycles. The maximum absolute atomic E-state index is 12.4. The largest absolute Gasteiger partial charge is 0.315 e. The summed E-state index contributed by atoms with van der Waals surface area (Å²) in [5, 5.41) is 3.42. The molecule has 1 saturated heterocycles. The van der Waals surface area contributed by atoms with Crippen LogP contribution in [0.1, 0.15) is 19.3 Å². The minimum atomic E-state index is -3.22. The molecular weight excluding hydrogens is 258 g/mol. The maximum atomic E-state index is 12.4. The standard InChI is InChI=1S/C12H16ClNO2S/c13-10-4-6-11(7-5-10)17(15,16)12-3-1-2-8-14-9-12/h4-7,12,14H,1-3,8-9H2. The Bertz CT molecular complexity index is 462. The van der Waals surface area contributed by atoms with Gasteiger partial charge in [0.05, 0.1) is 10.1 Å². The summed E-state index contributed by atoms with van der Waals surface area (Å²) in [4.78, 5) is 0.371. The first-order valence-electron chi connectivity index (χ1n) is 5.81. The van der Waals surface area contributed by atoms with E-state index in [0.29, 0.717) is 16.5 Å². The van der Waals surface area contributed by atoms with Gasteiger partial charge in [-0.15, -0.1) is 0 Å². The predicted octanol–water partition coefficient (Wildman–Crippen LogP) is 2.26. The molecule has 0 radical (unpaired) electrons. The first-order valence-corrected chi connectivity index (χ1v) is 7.73. The number of hydrogen-bond donors (Lipinski definition) is 1. The second kappa shape index (κ2) is 5.38. The first-order chi connectivity index (χ1) is 8.10. The van der Waals surface area contributed by atoms with Gasteiger partial charge in [0.2, 0.25) is 0 Å². The van der Waals surface area contributed by atoms with Crippen LogP contribution in [0.3, 0.4) is 0 Å². The van der Waals surface area contributed by atoms with Crippen molar-refractivity contribution in [1.82, 2.24) is 5.32 Å². The Morgan fingerprint density at radius 3 is 2.59 bits per heavy atom. The van der Waals surface area contributed by atoms with Gasteiger partial charge in [-0.05, 0) is 43.7 Å². The topological polar surface area (TPSA) is 46.2 Å². The summed E-state index contributed by atoms with van der Waals surface area (Å²) >= 11 is 5.77. The zero-order valence-electron chi connectivity index (χ0n) is 9.52. The molecule has 1 aliphatic rings. The van der Waals surface area contributed by atoms with Gasteiger partial charge >= 0.3 is 0 Å². The molecule has 1 N–H and O–H groups in total. The number of sulfone groups is 1. The number of halogens is 1. The van der Waals surface area contributed by atoms with Crippen molar-refractivity contribution in [2.45, 2.75) is 29.4 Å². The van der Waals surface area contributed by atoms with Crippen molar-refractivity contribution >= 4 is 21.4 Å². The van der Waals surface area contributed by atoms with Gasteiger partial charge in [-0.3, -0.25) is 0 Å². The van der Waals surface area contributed by atoms with Crippen LogP contribution in [0, 0.1) is 0 Å². The Morgan fingerprint density at radius 2 is 1.88 bits per heavy atom. The summed E-state index contributed by atoms with van der Waals surface area (Å²) in [5.41, 5.74) is 0. The number of rotatable bonds is 2. The fourth-order valence-electron chi connectivity index (χ4n) is 2.07. The Balaban J connectivity index is 2.25. The van der Waals surface area contributed by atoms with Gasteiger partial charge in [0.15, 0.2) is 9.84 Å². The van der Waals surface area contributed by atoms with E-state index in [1.807, 2.05) is 0 Å². The minimum absolute atomic E-state index is 0.314. The van der Waals surface area contributed by atoms with Crippen LogP contribution in [0.2, 0.25) is 5.02 Å². The summed E-state index contributed by atoms with van der Waals surface area (Å²) in [6, 6.07) is 6.42. The lowest BCUT2D eigenvalue weighted by Crippen LogP contribution is -2.31. The summed E-state index contributed by atoms with van der Waals surface area (Å²) in [6.07, 6.45) is 2.75. The fourth-order valence-corrected chi connectivity index (χ4v) is 3.91. The van der Waals surface area contributed by atoms with Crippen molar-refractivity contribution in [1.29, 1.82) is 0 Å². The van der Waals surface area contributed by atoms with E-state index < -0.39 is 9.84 Å². The van der Waals surface area contributed by atoms with Gasteiger partial charge in [-0.1, -0.05) is 18.0 Å². The van der Waals surface area contributed by atoms with E-state index in [-0.39, 0.29) is 5.25 Å². The van der Waals surface area contributed by atoms with Gasteiger partial charge < -0.3 is 5.32 Å². The van der Waals surface area contributed by atoms with Crippen LogP contribution in [0.4, 0.5) is 0 Å². The van der Waals surface area contributed by atoms with E-state index in [0.717, 1.165) is 25.8 Å². The highest BCUT2D eigenvalue weighted by molar-refractivity contribution is 7.92. The lowest BCUT2D eigenvalue weighted by molar-refractivity contribution is 0.567. The van der Waals surface area contributed by atoms with Crippen molar-refractivity contribution in [3.63, 3.8) is 0 Å². The first kappa shape index (κ1) is 12.9. The average Bonchev–Trinajstić information content (AvgIpc) is 2.58. The van der Waals surface area contributed by atoms with E-state index in [9.17, 15) is 8.42 Å². The Morgan fingerprint density at radius 1 is 1.18 bits per heavy atom. The summed E-state index contributed by atoms with van der Waals surface area (Å²) in [7, 11) is -3.22. The highest BCUT2D eigenvalue weighted by Gasteiger charge is 2.27. The van der Waals surface area contributed by atoms with Gasteiger partial charge in [-0.25, -0.2) is 8.42 Å². The third kappa shape index (κ3) is 3.00. The van der Waals surface area contributed by atoms with Crippen molar-refractivity contribution in [3.05, 3.63) is 29.3 Å². The molecule has 1 aliphatic heterocycles. The SMILES string of the molecule is O=S(=O)(c1ccc(Cl)cc1)C1CCCCNC1. The monoisotopic (exact) mass is 273 g/mol. The lowest BCUT2D eigenvalue weighted by Gasteiger charge is -2.15. The molecule has 1 fully saturated rings. The molecule has 3 nitrogen and oxygen atoms in total. The molecule has 1 aromatic carbocycles. The molecule has 0 bridgehead atoms. The smallest absolute Gasteiger partial charge is 0.182 e. The van der Waals surface area contributed by atoms with Crippen LogP contribution in [0.25, 0.3) is 0 Å². The van der Waals surface area contributed by atoms with Crippen LogP contribution in [-0.2, 0) is 9.84 Å². The third-order valence-corrected chi connectivity index (χ3v) is 5.54. The summed E-state index contributed by atoms with van der Waals surface area (Å²) < 4.78 is 24.7. The zero-order valence-corrected chi connectivity index (χ0v) is 11.1. The highest BCUT2D eigenvalue weighted by Crippen LogP contribution is 2.22. The normalized spacial score (nSPS) is 22.1. The van der Waals surface area contributed by atoms with E-state index in [1.54, 1.807) is 24.3 Å². The van der Waals surface area contributed by atoms with Crippen molar-refractivity contribution in [3.8, 4) is 0 Å². The molecule has 0 spiro atoms. The number of hydrogen-bond acceptors (Lipinski definition) is 3. The van der Waals surface area contributed by atoms with Crippen molar-refractivity contribution in [2.75, 3.05) is 13.1 Å². The highest BCUT2D eigenvalue weighted by atomic mass is 35.5. The van der Waals surface area contributed by atoms with Crippen molar-refractivity contribution in [2.24, 2.45) is 0 Å². The second-order valence-electron chi connectivity index (χ2n) is 4.32. The molecule has 0 amide bonds. The molecule has 1 unspecified atom stereocenters. The van der Waals surface area contributed by atoms with Gasteiger partial charge in [0.25, 0.3) is 0 Å². The Labute approximate surface area is 107 Å². The molecule has 94 valence electrons. The van der Waals surface area contributed by atoms with Crippen LogP contribution >= 0.6 is 11.6 Å². The summed E-state index contributed by atoms with van der Waals surface area (Å²) in [5.74, 6) is 0. The fraction of sp³-hybridized carbons (Fsp3) is 0.500. The average molecular weight is 274 g/mol. The maximum Gasteiger partial charge on any atom is 0.182 e. The molecule has 17 heavy (non-hydrogen) atoms. The van der Waals surface area contributed by atoms with E-state index in [2.05, 4.69) is 5.32 Å². The molecule has 0 saturated carbocycles. The van der Waals surface area contributed by atoms with Crippen LogP contribution in [-0.4, -0.2) is 26.8 Å². The quantitative estimate of drug-likeness (QED) is 0.899. The second-order valence-corrected chi connectivity index (χ2v) is 6.99. The van der Waals surface area contributed by atoms with Crippen LogP contribution < -0.4 is 5.32 Å². The molecule has 0 aliphatic carbocycles. The third-order valence-electron chi connectivity index (χ3n) is 3.08. The van der Waals surface area contributed by atoms with Crippen LogP contribution in [0.5, 0.6) is 0 Å². The minimum Gasteiger partial charge on any atom is -0.315 e. The lowest BCUT2D eigenvalue weighted by atomic mass is 10.2. The number of benzene rings is 1. The van der Waals surface area contributed by atoms with E-state index in [4.69, 9.17) is 11.6 Å². The molecule has 1 aromatic rings. The summed E-state index contributed by atoms with van der Waals surface area (Å²) in [6.45, 7) is 1.46. The molecular formula is C12H16ClNO2S. The van der Waals surface area contributed by atoms with Crippen molar-refractivity contribution < 1.29 is 8.42 Å². The Hall–Kier alpha value is -0.580. The Kier molecular flexibility index (Phi) is 4.07. The van der Waals surface area contributed by atoms with Crippen LogP contribution in [0.15, 0.2) is 29.2 Å². The van der Waals surface area contributed by atoms with Gasteiger partial charge in [0.1, 0.15) is 0 Å². The van der Waals surface area contributed by atoms with Gasteiger partial charge in [-0.2, -0.15) is 0 Å². The molecule has 2 rings (SSSR count). The molecule has 5 heteroatoms. The molecule has 1 atom stereocenters. The van der Waals surface area contributed by atoms with E-state index >= 15 is 0 Å². The molecule has 1 heterocycles. The number of nitrogens with one attached hydrogen (secondary N) is 1.